The predicted octanol–water partition coefficient (Wildman–Crippen LogP) is 5.43. The highest BCUT2D eigenvalue weighted by Crippen LogP contribution is 2.25. The summed E-state index contributed by atoms with van der Waals surface area (Å²) in [5.41, 5.74) is 5.27. The van der Waals surface area contributed by atoms with Crippen LogP contribution in [0.25, 0.3) is 16.9 Å². The van der Waals surface area contributed by atoms with Crippen molar-refractivity contribution in [2.45, 2.75) is 13.8 Å². The van der Waals surface area contributed by atoms with Crippen LogP contribution in [0, 0.1) is 13.8 Å². The van der Waals surface area contributed by atoms with E-state index in [1.807, 2.05) is 60.2 Å². The van der Waals surface area contributed by atoms with Crippen LogP contribution in [0.15, 0.2) is 91.6 Å². The van der Waals surface area contributed by atoms with E-state index in [0.29, 0.717) is 17.3 Å². The van der Waals surface area contributed by atoms with E-state index in [1.54, 1.807) is 37.5 Å². The maximum atomic E-state index is 13.2. The minimum absolute atomic E-state index is 0.164. The van der Waals surface area contributed by atoms with Gasteiger partial charge in [0.2, 0.25) is 11.9 Å². The maximum Gasteiger partial charge on any atom is 0.254 e. The molecule has 188 valence electrons. The van der Waals surface area contributed by atoms with Gasteiger partial charge in [0, 0.05) is 29.6 Å². The molecule has 7 nitrogen and oxygen atoms in total. The topological polar surface area (TPSA) is 76.5 Å². The standard InChI is InChI=1S/C30H30N4O3/c1-5-16-33(29(36)24-12-9-13-26(18-24)37-4)20-28(35)32-30-31-27(23-10-7-6-8-11-23)19-34(30)25-15-14-21(2)22(3)17-25/h5-15,17-19H,1,16,20H2,2-4H3,(H,31,32,35). The highest BCUT2D eigenvalue weighted by molar-refractivity contribution is 5.99. The van der Waals surface area contributed by atoms with Gasteiger partial charge >= 0.3 is 0 Å². The lowest BCUT2D eigenvalue weighted by Crippen LogP contribution is -2.38. The summed E-state index contributed by atoms with van der Waals surface area (Å²) in [6.07, 6.45) is 3.49. The first-order valence-corrected chi connectivity index (χ1v) is 12.0. The summed E-state index contributed by atoms with van der Waals surface area (Å²) in [4.78, 5) is 32.5. The average molecular weight is 495 g/mol. The molecule has 3 aromatic carbocycles. The Morgan fingerprint density at radius 2 is 1.81 bits per heavy atom. The number of imidazole rings is 1. The molecule has 0 unspecified atom stereocenters. The summed E-state index contributed by atoms with van der Waals surface area (Å²) < 4.78 is 7.09. The summed E-state index contributed by atoms with van der Waals surface area (Å²) in [6, 6.07) is 22.7. The molecule has 37 heavy (non-hydrogen) atoms. The number of nitrogens with zero attached hydrogens (tertiary/aromatic N) is 3. The number of aromatic nitrogens is 2. The van der Waals surface area contributed by atoms with E-state index >= 15 is 0 Å². The van der Waals surface area contributed by atoms with Crippen molar-refractivity contribution in [1.82, 2.24) is 14.5 Å². The maximum absolute atomic E-state index is 13.2. The van der Waals surface area contributed by atoms with Crippen LogP contribution in [0.4, 0.5) is 5.95 Å². The van der Waals surface area contributed by atoms with Gasteiger partial charge < -0.3 is 9.64 Å². The summed E-state index contributed by atoms with van der Waals surface area (Å²) in [5, 5.41) is 2.91. The molecule has 0 saturated carbocycles. The highest BCUT2D eigenvalue weighted by Gasteiger charge is 2.20. The van der Waals surface area contributed by atoms with E-state index in [9.17, 15) is 9.59 Å². The molecule has 0 radical (unpaired) electrons. The normalized spacial score (nSPS) is 10.6. The van der Waals surface area contributed by atoms with Gasteiger partial charge in [-0.1, -0.05) is 48.5 Å². The van der Waals surface area contributed by atoms with E-state index in [4.69, 9.17) is 9.72 Å². The first-order chi connectivity index (χ1) is 17.9. The molecule has 1 N–H and O–H groups in total. The fraction of sp³-hybridized carbons (Fsp3) is 0.167. The van der Waals surface area contributed by atoms with Crippen LogP contribution < -0.4 is 10.1 Å². The Labute approximate surface area is 217 Å². The van der Waals surface area contributed by atoms with E-state index in [1.165, 1.54) is 10.5 Å². The van der Waals surface area contributed by atoms with Gasteiger partial charge in [-0.2, -0.15) is 0 Å². The lowest BCUT2D eigenvalue weighted by atomic mass is 10.1. The molecular formula is C30H30N4O3. The number of carbonyl (C=O) groups excluding carboxylic acids is 2. The number of aryl methyl sites for hydroxylation is 2. The number of anilines is 1. The zero-order valence-corrected chi connectivity index (χ0v) is 21.3. The number of hydrogen-bond donors (Lipinski definition) is 1. The van der Waals surface area contributed by atoms with Gasteiger partial charge in [-0.25, -0.2) is 4.98 Å². The van der Waals surface area contributed by atoms with Crippen molar-refractivity contribution >= 4 is 17.8 Å². The highest BCUT2D eigenvalue weighted by atomic mass is 16.5. The smallest absolute Gasteiger partial charge is 0.254 e. The van der Waals surface area contributed by atoms with Crippen LogP contribution in [0.2, 0.25) is 0 Å². The molecule has 0 fully saturated rings. The van der Waals surface area contributed by atoms with Crippen molar-refractivity contribution in [2.24, 2.45) is 0 Å². The molecule has 7 heteroatoms. The van der Waals surface area contributed by atoms with E-state index in [-0.39, 0.29) is 24.9 Å². The molecule has 0 aliphatic rings. The largest absolute Gasteiger partial charge is 0.497 e. The zero-order valence-electron chi connectivity index (χ0n) is 21.3. The number of rotatable bonds is 9. The number of nitrogens with one attached hydrogen (secondary N) is 1. The molecule has 0 atom stereocenters. The Balaban J connectivity index is 1.62. The molecule has 1 aromatic heterocycles. The summed E-state index contributed by atoms with van der Waals surface area (Å²) in [6.45, 7) is 7.89. The van der Waals surface area contributed by atoms with Crippen molar-refractivity contribution < 1.29 is 14.3 Å². The van der Waals surface area contributed by atoms with Crippen molar-refractivity contribution in [3.63, 3.8) is 0 Å². The predicted molar refractivity (Wildman–Crippen MR) is 146 cm³/mol. The molecule has 4 aromatic rings. The number of hydrogen-bond acceptors (Lipinski definition) is 4. The molecule has 0 aliphatic carbocycles. The Bertz CT molecular complexity index is 1430. The molecule has 4 rings (SSSR count). The Hall–Kier alpha value is -4.65. The third-order valence-corrected chi connectivity index (χ3v) is 6.08. The van der Waals surface area contributed by atoms with Crippen molar-refractivity contribution in [3.05, 3.63) is 108 Å². The van der Waals surface area contributed by atoms with Crippen LogP contribution in [0.3, 0.4) is 0 Å². The third-order valence-electron chi connectivity index (χ3n) is 6.08. The second-order valence-electron chi connectivity index (χ2n) is 8.71. The van der Waals surface area contributed by atoms with Gasteiger partial charge in [0.1, 0.15) is 12.3 Å². The van der Waals surface area contributed by atoms with Gasteiger partial charge in [-0.05, 0) is 55.3 Å². The summed E-state index contributed by atoms with van der Waals surface area (Å²) >= 11 is 0. The molecule has 0 saturated heterocycles. The van der Waals surface area contributed by atoms with Crippen LogP contribution in [0.5, 0.6) is 5.75 Å². The number of benzene rings is 3. The molecule has 0 spiro atoms. The Kier molecular flexibility index (Phi) is 7.83. The minimum atomic E-state index is -0.367. The number of ether oxygens (including phenoxy) is 1. The SMILES string of the molecule is C=CCN(CC(=O)Nc1nc(-c2ccccc2)cn1-c1ccc(C)c(C)c1)C(=O)c1cccc(OC)c1. The molecular weight excluding hydrogens is 464 g/mol. The lowest BCUT2D eigenvalue weighted by Gasteiger charge is -2.21. The monoisotopic (exact) mass is 494 g/mol. The average Bonchev–Trinajstić information content (AvgIpc) is 3.33. The third kappa shape index (κ3) is 5.95. The van der Waals surface area contributed by atoms with Gasteiger partial charge in [0.05, 0.1) is 12.8 Å². The molecule has 0 aliphatic heterocycles. The summed E-state index contributed by atoms with van der Waals surface area (Å²) in [5.74, 6) is 0.280. The molecule has 0 bridgehead atoms. The van der Waals surface area contributed by atoms with Crippen molar-refractivity contribution in [3.8, 4) is 22.7 Å². The van der Waals surface area contributed by atoms with Gasteiger partial charge in [-0.15, -0.1) is 6.58 Å². The first kappa shape index (κ1) is 25.4. The second kappa shape index (κ2) is 11.4. The van der Waals surface area contributed by atoms with Crippen molar-refractivity contribution in [2.75, 3.05) is 25.5 Å². The van der Waals surface area contributed by atoms with Crippen LogP contribution in [-0.2, 0) is 4.79 Å². The van der Waals surface area contributed by atoms with Crippen LogP contribution >= 0.6 is 0 Å². The number of carbonyl (C=O) groups is 2. The van der Waals surface area contributed by atoms with E-state index in [0.717, 1.165) is 22.5 Å². The van der Waals surface area contributed by atoms with Gasteiger partial charge in [-0.3, -0.25) is 19.5 Å². The van der Waals surface area contributed by atoms with Crippen LogP contribution in [-0.4, -0.2) is 46.5 Å². The molecule has 1 heterocycles. The van der Waals surface area contributed by atoms with E-state index < -0.39 is 0 Å². The minimum Gasteiger partial charge on any atom is -0.497 e. The van der Waals surface area contributed by atoms with Crippen molar-refractivity contribution in [1.29, 1.82) is 0 Å². The fourth-order valence-corrected chi connectivity index (χ4v) is 3.94. The van der Waals surface area contributed by atoms with Gasteiger partial charge in [0.15, 0.2) is 0 Å². The van der Waals surface area contributed by atoms with Crippen LogP contribution in [0.1, 0.15) is 21.5 Å². The Morgan fingerprint density at radius 1 is 1.03 bits per heavy atom. The number of amides is 2. The molecule has 2 amide bonds. The first-order valence-electron chi connectivity index (χ1n) is 12.0. The quantitative estimate of drug-likeness (QED) is 0.315. The van der Waals surface area contributed by atoms with Gasteiger partial charge in [0.25, 0.3) is 5.91 Å². The second-order valence-corrected chi connectivity index (χ2v) is 8.71. The Morgan fingerprint density at radius 3 is 2.51 bits per heavy atom. The fourth-order valence-electron chi connectivity index (χ4n) is 3.94. The lowest BCUT2D eigenvalue weighted by molar-refractivity contribution is -0.116. The summed E-state index contributed by atoms with van der Waals surface area (Å²) in [7, 11) is 1.54. The zero-order chi connectivity index (χ0) is 26.4. The number of methoxy groups -OCH3 is 1. The van der Waals surface area contributed by atoms with E-state index in [2.05, 4.69) is 24.9 Å².